The zero-order valence-corrected chi connectivity index (χ0v) is 7.88. The van der Waals surface area contributed by atoms with Gasteiger partial charge in [-0.25, -0.2) is 4.98 Å². The number of pyridine rings is 1. The summed E-state index contributed by atoms with van der Waals surface area (Å²) in [5.41, 5.74) is 5.69. The van der Waals surface area contributed by atoms with E-state index in [1.54, 1.807) is 6.20 Å². The van der Waals surface area contributed by atoms with Gasteiger partial charge in [-0.3, -0.25) is 0 Å². The quantitative estimate of drug-likeness (QED) is 0.745. The average molecular weight is 223 g/mol. The number of hydrogen-bond acceptors (Lipinski definition) is 2. The van der Waals surface area contributed by atoms with Gasteiger partial charge in [0.15, 0.2) is 0 Å². The predicted molar refractivity (Wildman–Crippen MR) is 53.9 cm³/mol. The van der Waals surface area contributed by atoms with Crippen molar-refractivity contribution in [2.24, 2.45) is 0 Å². The predicted octanol–water partition coefficient (Wildman–Crippen LogP) is 2.58. The van der Waals surface area contributed by atoms with Gasteiger partial charge < -0.3 is 5.73 Å². The summed E-state index contributed by atoms with van der Waals surface area (Å²) < 4.78 is 1.02. The fraction of sp³-hybridized carbons (Fsp3) is 0. The molecule has 0 atom stereocenters. The molecule has 1 aromatic heterocycles. The molecule has 0 bridgehead atoms. The van der Waals surface area contributed by atoms with Gasteiger partial charge in [-0.15, -0.1) is 0 Å². The van der Waals surface area contributed by atoms with Crippen molar-refractivity contribution in [1.82, 2.24) is 4.98 Å². The molecular weight excluding hydrogens is 216 g/mol. The summed E-state index contributed by atoms with van der Waals surface area (Å²) in [6, 6.07) is 7.91. The minimum absolute atomic E-state index is 0.578. The topological polar surface area (TPSA) is 38.9 Å². The second-order valence-corrected chi connectivity index (χ2v) is 3.48. The Balaban J connectivity index is 2.88. The minimum atomic E-state index is 0.578. The lowest BCUT2D eigenvalue weighted by Gasteiger charge is -2.00. The average Bonchev–Trinajstić information content (AvgIpc) is 2.07. The van der Waals surface area contributed by atoms with Crippen molar-refractivity contribution in [3.05, 3.63) is 34.9 Å². The molecule has 0 spiro atoms. The van der Waals surface area contributed by atoms with Crippen LogP contribution in [0.1, 0.15) is 0 Å². The highest BCUT2D eigenvalue weighted by Gasteiger charge is 1.97. The van der Waals surface area contributed by atoms with Gasteiger partial charge in [0.25, 0.3) is 0 Å². The van der Waals surface area contributed by atoms with Gasteiger partial charge in [0.05, 0.1) is 0 Å². The first-order valence-corrected chi connectivity index (χ1v) is 4.36. The van der Waals surface area contributed by atoms with Crippen molar-refractivity contribution in [1.29, 1.82) is 0 Å². The highest BCUT2D eigenvalue weighted by molar-refractivity contribution is 9.10. The van der Waals surface area contributed by atoms with Gasteiger partial charge in [-0.05, 0) is 23.6 Å². The Kier molecular flexibility index (Phi) is 1.73. The number of nitrogen functional groups attached to an aromatic ring is 1. The molecule has 1 heterocycles. The molecule has 60 valence electrons. The van der Waals surface area contributed by atoms with Gasteiger partial charge in [-0.2, -0.15) is 0 Å². The van der Waals surface area contributed by atoms with E-state index in [-0.39, 0.29) is 0 Å². The van der Waals surface area contributed by atoms with Crippen LogP contribution in [0.15, 0.2) is 34.9 Å². The van der Waals surface area contributed by atoms with Gasteiger partial charge in [0.1, 0.15) is 5.82 Å². The van der Waals surface area contributed by atoms with Crippen LogP contribution in [0.25, 0.3) is 10.8 Å². The number of rotatable bonds is 0. The monoisotopic (exact) mass is 222 g/mol. The maximum atomic E-state index is 5.69. The van der Waals surface area contributed by atoms with Crippen molar-refractivity contribution < 1.29 is 0 Å². The summed E-state index contributed by atoms with van der Waals surface area (Å²) in [7, 11) is 0. The maximum Gasteiger partial charge on any atom is 0.131 e. The Hall–Kier alpha value is -1.09. The van der Waals surface area contributed by atoms with Crippen molar-refractivity contribution in [3.8, 4) is 0 Å². The lowest BCUT2D eigenvalue weighted by atomic mass is 10.2. The van der Waals surface area contributed by atoms with Crippen LogP contribution < -0.4 is 5.73 Å². The number of nitrogens with two attached hydrogens (primary N) is 1. The molecule has 0 aliphatic carbocycles. The number of fused-ring (bicyclic) bond motifs is 1. The van der Waals surface area contributed by atoms with E-state index in [2.05, 4.69) is 20.9 Å². The molecule has 0 saturated heterocycles. The molecule has 0 aliphatic heterocycles. The molecule has 2 N–H and O–H groups in total. The van der Waals surface area contributed by atoms with Crippen LogP contribution in [0.2, 0.25) is 0 Å². The first kappa shape index (κ1) is 7.55. The minimum Gasteiger partial charge on any atom is -0.383 e. The zero-order chi connectivity index (χ0) is 8.55. The van der Waals surface area contributed by atoms with Crippen LogP contribution in [0.4, 0.5) is 5.82 Å². The summed E-state index contributed by atoms with van der Waals surface area (Å²) in [5.74, 6) is 0.578. The first-order valence-electron chi connectivity index (χ1n) is 3.57. The molecule has 0 radical (unpaired) electrons. The SMILES string of the molecule is Nc1nccc2ccc(Br)cc12. The van der Waals surface area contributed by atoms with E-state index < -0.39 is 0 Å². The third-order valence-electron chi connectivity index (χ3n) is 1.76. The molecule has 0 unspecified atom stereocenters. The number of anilines is 1. The zero-order valence-electron chi connectivity index (χ0n) is 6.29. The normalized spacial score (nSPS) is 10.4. The molecule has 0 amide bonds. The van der Waals surface area contributed by atoms with Gasteiger partial charge >= 0.3 is 0 Å². The molecule has 2 aromatic rings. The van der Waals surface area contributed by atoms with Crippen LogP contribution in [-0.4, -0.2) is 4.98 Å². The molecule has 0 fully saturated rings. The number of hydrogen-bond donors (Lipinski definition) is 1. The van der Waals surface area contributed by atoms with Crippen molar-refractivity contribution in [2.75, 3.05) is 5.73 Å². The summed E-state index contributed by atoms with van der Waals surface area (Å²) in [6.07, 6.45) is 1.71. The Morgan fingerprint density at radius 1 is 1.25 bits per heavy atom. The molecule has 2 rings (SSSR count). The Morgan fingerprint density at radius 2 is 2.08 bits per heavy atom. The second kappa shape index (κ2) is 2.75. The Morgan fingerprint density at radius 3 is 2.92 bits per heavy atom. The summed E-state index contributed by atoms with van der Waals surface area (Å²) >= 11 is 3.38. The van der Waals surface area contributed by atoms with E-state index in [1.165, 1.54) is 0 Å². The lowest BCUT2D eigenvalue weighted by molar-refractivity contribution is 1.37. The number of aromatic nitrogens is 1. The molecule has 12 heavy (non-hydrogen) atoms. The van der Waals surface area contributed by atoms with Gasteiger partial charge in [-0.1, -0.05) is 22.0 Å². The number of benzene rings is 1. The standard InChI is InChI=1S/C9H7BrN2/c10-7-2-1-6-3-4-12-9(11)8(6)5-7/h1-5H,(H2,11,12). The van der Waals surface area contributed by atoms with E-state index in [1.807, 2.05) is 24.3 Å². The summed E-state index contributed by atoms with van der Waals surface area (Å²) in [6.45, 7) is 0. The van der Waals surface area contributed by atoms with Crippen molar-refractivity contribution in [2.45, 2.75) is 0 Å². The third kappa shape index (κ3) is 1.16. The highest BCUT2D eigenvalue weighted by Crippen LogP contribution is 2.22. The van der Waals surface area contributed by atoms with Crippen LogP contribution in [0.5, 0.6) is 0 Å². The molecule has 0 saturated carbocycles. The molecular formula is C9H7BrN2. The molecule has 1 aromatic carbocycles. The third-order valence-corrected chi connectivity index (χ3v) is 2.25. The summed E-state index contributed by atoms with van der Waals surface area (Å²) in [5, 5.41) is 2.11. The number of nitrogens with zero attached hydrogens (tertiary/aromatic N) is 1. The highest BCUT2D eigenvalue weighted by atomic mass is 79.9. The van der Waals surface area contributed by atoms with Gasteiger partial charge in [0, 0.05) is 16.1 Å². The van der Waals surface area contributed by atoms with E-state index >= 15 is 0 Å². The largest absolute Gasteiger partial charge is 0.383 e. The van der Waals surface area contributed by atoms with E-state index in [4.69, 9.17) is 5.73 Å². The van der Waals surface area contributed by atoms with E-state index in [0.717, 1.165) is 15.2 Å². The van der Waals surface area contributed by atoms with Crippen molar-refractivity contribution in [3.63, 3.8) is 0 Å². The first-order chi connectivity index (χ1) is 5.77. The Labute approximate surface area is 78.5 Å². The van der Waals surface area contributed by atoms with Crippen LogP contribution in [0, 0.1) is 0 Å². The second-order valence-electron chi connectivity index (χ2n) is 2.56. The smallest absolute Gasteiger partial charge is 0.131 e. The summed E-state index contributed by atoms with van der Waals surface area (Å²) in [4.78, 5) is 4.01. The van der Waals surface area contributed by atoms with Crippen molar-refractivity contribution >= 4 is 32.5 Å². The van der Waals surface area contributed by atoms with Crippen LogP contribution >= 0.6 is 15.9 Å². The molecule has 3 heteroatoms. The van der Waals surface area contributed by atoms with Crippen LogP contribution in [0.3, 0.4) is 0 Å². The fourth-order valence-corrected chi connectivity index (χ4v) is 1.52. The fourth-order valence-electron chi connectivity index (χ4n) is 1.16. The molecule has 2 nitrogen and oxygen atoms in total. The number of halogens is 1. The van der Waals surface area contributed by atoms with Crippen LogP contribution in [-0.2, 0) is 0 Å². The van der Waals surface area contributed by atoms with E-state index in [0.29, 0.717) is 5.82 Å². The van der Waals surface area contributed by atoms with Gasteiger partial charge in [0.2, 0.25) is 0 Å². The molecule has 0 aliphatic rings. The van der Waals surface area contributed by atoms with E-state index in [9.17, 15) is 0 Å². The Bertz CT molecular complexity index is 426. The lowest BCUT2D eigenvalue weighted by Crippen LogP contribution is -1.90. The maximum absolute atomic E-state index is 5.69.